The molecule has 2 atom stereocenters. The average molecular weight is 259 g/mol. The molecule has 1 saturated heterocycles. The summed E-state index contributed by atoms with van der Waals surface area (Å²) in [7, 11) is 0. The lowest BCUT2D eigenvalue weighted by molar-refractivity contribution is -0.115. The average Bonchev–Trinajstić information content (AvgIpc) is 2.72. The van der Waals surface area contributed by atoms with Crippen LogP contribution in [0.4, 0.5) is 4.39 Å². The number of hydrogen-bond donors (Lipinski definition) is 2. The SMILES string of the molecule is CC(=O)N=C(N)/C(F)=C\C[C@@H]1CC[C@H](CN)S1. The molecule has 0 spiro atoms. The summed E-state index contributed by atoms with van der Waals surface area (Å²) in [5, 5.41) is 0.874. The summed E-state index contributed by atoms with van der Waals surface area (Å²) in [6.45, 7) is 1.90. The zero-order valence-electron chi connectivity index (χ0n) is 9.86. The predicted octanol–water partition coefficient (Wildman–Crippen LogP) is 1.36. The molecule has 17 heavy (non-hydrogen) atoms. The minimum absolute atomic E-state index is 0.337. The largest absolute Gasteiger partial charge is 0.381 e. The maximum Gasteiger partial charge on any atom is 0.244 e. The second-order valence-electron chi connectivity index (χ2n) is 4.00. The summed E-state index contributed by atoms with van der Waals surface area (Å²) < 4.78 is 13.4. The number of carbonyl (C=O) groups excluding carboxylic acids is 1. The van der Waals surface area contributed by atoms with E-state index in [0.717, 1.165) is 12.8 Å². The van der Waals surface area contributed by atoms with Crippen LogP contribution in [0, 0.1) is 0 Å². The number of thioether (sulfide) groups is 1. The molecule has 0 saturated carbocycles. The number of halogens is 1. The Morgan fingerprint density at radius 3 is 2.71 bits per heavy atom. The molecule has 0 aromatic rings. The van der Waals surface area contributed by atoms with Gasteiger partial charge < -0.3 is 11.5 Å². The van der Waals surface area contributed by atoms with Gasteiger partial charge >= 0.3 is 0 Å². The Labute approximate surface area is 105 Å². The summed E-state index contributed by atoms with van der Waals surface area (Å²) in [6, 6.07) is 0. The number of nitrogens with two attached hydrogens (primary N) is 2. The molecule has 1 aliphatic heterocycles. The van der Waals surface area contributed by atoms with Crippen molar-refractivity contribution in [2.24, 2.45) is 16.5 Å². The molecule has 0 radical (unpaired) electrons. The third kappa shape index (κ3) is 4.87. The lowest BCUT2D eigenvalue weighted by Gasteiger charge is -2.07. The van der Waals surface area contributed by atoms with Gasteiger partial charge in [0.05, 0.1) is 0 Å². The summed E-state index contributed by atoms with van der Waals surface area (Å²) in [5.74, 6) is -1.45. The highest BCUT2D eigenvalue weighted by Gasteiger charge is 2.23. The molecule has 1 rings (SSSR count). The van der Waals surface area contributed by atoms with E-state index in [1.54, 1.807) is 11.8 Å². The molecule has 0 aromatic heterocycles. The Morgan fingerprint density at radius 1 is 1.53 bits per heavy atom. The van der Waals surface area contributed by atoms with E-state index < -0.39 is 11.7 Å². The number of hydrogen-bond acceptors (Lipinski definition) is 3. The van der Waals surface area contributed by atoms with Gasteiger partial charge in [-0.2, -0.15) is 16.8 Å². The van der Waals surface area contributed by atoms with Crippen molar-refractivity contribution in [1.29, 1.82) is 0 Å². The van der Waals surface area contributed by atoms with E-state index in [1.165, 1.54) is 13.0 Å². The quantitative estimate of drug-likeness (QED) is 0.590. The molecule has 1 heterocycles. The summed E-state index contributed by atoms with van der Waals surface area (Å²) in [6.07, 6.45) is 4.12. The van der Waals surface area contributed by atoms with Gasteiger partial charge in [-0.25, -0.2) is 4.39 Å². The molecule has 0 aliphatic carbocycles. The molecule has 6 heteroatoms. The van der Waals surface area contributed by atoms with Crippen LogP contribution < -0.4 is 11.5 Å². The topological polar surface area (TPSA) is 81.5 Å². The summed E-state index contributed by atoms with van der Waals surface area (Å²) in [5.41, 5.74) is 10.9. The molecule has 1 fully saturated rings. The predicted molar refractivity (Wildman–Crippen MR) is 69.6 cm³/mol. The number of carbonyl (C=O) groups is 1. The van der Waals surface area contributed by atoms with Crippen molar-refractivity contribution in [3.8, 4) is 0 Å². The third-order valence-corrected chi connectivity index (χ3v) is 4.17. The van der Waals surface area contributed by atoms with E-state index in [9.17, 15) is 9.18 Å². The number of amides is 1. The molecule has 4 N–H and O–H groups in total. The van der Waals surface area contributed by atoms with Crippen molar-refractivity contribution in [3.63, 3.8) is 0 Å². The minimum atomic E-state index is -0.614. The Hall–Kier alpha value is -0.880. The van der Waals surface area contributed by atoms with E-state index in [0.29, 0.717) is 23.5 Å². The third-order valence-electron chi connectivity index (χ3n) is 2.54. The van der Waals surface area contributed by atoms with Crippen LogP contribution in [-0.2, 0) is 4.79 Å². The van der Waals surface area contributed by atoms with Crippen molar-refractivity contribution < 1.29 is 9.18 Å². The van der Waals surface area contributed by atoms with Crippen LogP contribution in [0.5, 0.6) is 0 Å². The van der Waals surface area contributed by atoms with Gasteiger partial charge in [-0.3, -0.25) is 4.79 Å². The van der Waals surface area contributed by atoms with Crippen LogP contribution in [-0.4, -0.2) is 28.8 Å². The highest BCUT2D eigenvalue weighted by atomic mass is 32.2. The number of allylic oxidation sites excluding steroid dienone is 1. The highest BCUT2D eigenvalue weighted by Crippen LogP contribution is 2.35. The van der Waals surface area contributed by atoms with Gasteiger partial charge in [0, 0.05) is 24.0 Å². The Kier molecular flexibility index (Phi) is 5.64. The lowest BCUT2D eigenvalue weighted by atomic mass is 10.1. The van der Waals surface area contributed by atoms with E-state index in [4.69, 9.17) is 11.5 Å². The highest BCUT2D eigenvalue weighted by molar-refractivity contribution is 8.00. The number of nitrogens with zero attached hydrogens (tertiary/aromatic N) is 1. The molecule has 0 bridgehead atoms. The molecule has 0 unspecified atom stereocenters. The van der Waals surface area contributed by atoms with Gasteiger partial charge in [0.25, 0.3) is 0 Å². The molecule has 1 amide bonds. The van der Waals surface area contributed by atoms with Crippen molar-refractivity contribution in [1.82, 2.24) is 0 Å². The molecular weight excluding hydrogens is 241 g/mol. The van der Waals surface area contributed by atoms with Gasteiger partial charge in [0.15, 0.2) is 11.7 Å². The zero-order chi connectivity index (χ0) is 12.8. The number of aliphatic imine (C=N–C) groups is 1. The van der Waals surface area contributed by atoms with E-state index in [-0.39, 0.29) is 5.84 Å². The van der Waals surface area contributed by atoms with Crippen molar-refractivity contribution in [2.45, 2.75) is 36.7 Å². The Morgan fingerprint density at radius 2 is 2.18 bits per heavy atom. The van der Waals surface area contributed by atoms with E-state index in [1.807, 2.05) is 0 Å². The summed E-state index contributed by atoms with van der Waals surface area (Å²) >= 11 is 1.79. The molecule has 0 aromatic carbocycles. The van der Waals surface area contributed by atoms with Crippen LogP contribution in [0.15, 0.2) is 16.9 Å². The van der Waals surface area contributed by atoms with Crippen LogP contribution in [0.25, 0.3) is 0 Å². The van der Waals surface area contributed by atoms with E-state index in [2.05, 4.69) is 4.99 Å². The van der Waals surface area contributed by atoms with Crippen molar-refractivity contribution >= 4 is 23.5 Å². The van der Waals surface area contributed by atoms with Gasteiger partial charge in [-0.05, 0) is 25.3 Å². The maximum absolute atomic E-state index is 13.4. The Bertz CT molecular complexity index is 344. The van der Waals surface area contributed by atoms with Crippen LogP contribution in [0.1, 0.15) is 26.2 Å². The molecular formula is C11H18FN3OS. The van der Waals surface area contributed by atoms with Crippen molar-refractivity contribution in [3.05, 3.63) is 11.9 Å². The summed E-state index contributed by atoms with van der Waals surface area (Å²) in [4.78, 5) is 14.0. The standard InChI is InChI=1S/C11H18FN3OS/c1-7(16)15-11(14)10(12)5-4-8-2-3-9(6-13)17-8/h5,8-9H,2-4,6,13H2,1H3,(H2,14,15,16)/b10-5+/t8-,9+/m0/s1. The fourth-order valence-electron chi connectivity index (χ4n) is 1.69. The zero-order valence-corrected chi connectivity index (χ0v) is 10.7. The molecule has 96 valence electrons. The molecule has 4 nitrogen and oxygen atoms in total. The first-order valence-electron chi connectivity index (χ1n) is 5.59. The van der Waals surface area contributed by atoms with E-state index >= 15 is 0 Å². The second-order valence-corrected chi connectivity index (χ2v) is 5.60. The van der Waals surface area contributed by atoms with Gasteiger partial charge in [-0.15, -0.1) is 0 Å². The van der Waals surface area contributed by atoms with Gasteiger partial charge in [0.1, 0.15) is 0 Å². The first-order chi connectivity index (χ1) is 8.02. The monoisotopic (exact) mass is 259 g/mol. The normalized spacial score (nSPS) is 26.3. The fraction of sp³-hybridized carbons (Fsp3) is 0.636. The first kappa shape index (κ1) is 14.2. The van der Waals surface area contributed by atoms with Crippen LogP contribution in [0.2, 0.25) is 0 Å². The Balaban J connectivity index is 2.46. The van der Waals surface area contributed by atoms with Crippen LogP contribution >= 0.6 is 11.8 Å². The van der Waals surface area contributed by atoms with Gasteiger partial charge in [0.2, 0.25) is 5.91 Å². The number of amidine groups is 1. The maximum atomic E-state index is 13.4. The first-order valence-corrected chi connectivity index (χ1v) is 6.53. The second kappa shape index (κ2) is 6.76. The van der Waals surface area contributed by atoms with Crippen molar-refractivity contribution in [2.75, 3.05) is 6.54 Å². The minimum Gasteiger partial charge on any atom is -0.381 e. The van der Waals surface area contributed by atoms with Gasteiger partial charge in [-0.1, -0.05) is 0 Å². The smallest absolute Gasteiger partial charge is 0.244 e. The lowest BCUT2D eigenvalue weighted by Crippen LogP contribution is -2.14. The van der Waals surface area contributed by atoms with Crippen LogP contribution in [0.3, 0.4) is 0 Å². The fourth-order valence-corrected chi connectivity index (χ4v) is 3.10. The molecule has 1 aliphatic rings. The number of rotatable bonds is 4.